The van der Waals surface area contributed by atoms with Gasteiger partial charge in [0.1, 0.15) is 6.29 Å². The average molecular weight is 329 g/mol. The molecule has 3 heteroatoms. The lowest BCUT2D eigenvalue weighted by Gasteiger charge is -2.03. The molecule has 0 bridgehead atoms. The highest BCUT2D eigenvalue weighted by atomic mass is 79.9. The Kier molecular flexibility index (Phi) is 4.64. The van der Waals surface area contributed by atoms with Crippen LogP contribution in [-0.2, 0) is 0 Å². The Hall–Kier alpha value is -2.00. The Bertz CT molecular complexity index is 648. The van der Waals surface area contributed by atoms with Gasteiger partial charge in [0.15, 0.2) is 5.78 Å². The fraction of sp³-hybridized carbons (Fsp3) is 0.0588. The van der Waals surface area contributed by atoms with Gasteiger partial charge in [-0.15, -0.1) is 0 Å². The number of hydrogen-bond donors (Lipinski definition) is 0. The SMILES string of the molecule is C/C(Br)=C/C(=O)c1ccc(-c2ccc(C=O)cc2)cc1. The lowest BCUT2D eigenvalue weighted by atomic mass is 10.0. The zero-order chi connectivity index (χ0) is 14.5. The second-order valence-corrected chi connectivity index (χ2v) is 5.66. The predicted molar refractivity (Wildman–Crippen MR) is 84.3 cm³/mol. The van der Waals surface area contributed by atoms with E-state index in [9.17, 15) is 9.59 Å². The van der Waals surface area contributed by atoms with E-state index in [2.05, 4.69) is 15.9 Å². The largest absolute Gasteiger partial charge is 0.298 e. The van der Waals surface area contributed by atoms with Crippen molar-refractivity contribution < 1.29 is 9.59 Å². The van der Waals surface area contributed by atoms with Crippen LogP contribution in [0.25, 0.3) is 11.1 Å². The first-order chi connectivity index (χ1) is 9.60. The third kappa shape index (κ3) is 3.52. The molecule has 0 aliphatic heterocycles. The number of allylic oxidation sites excluding steroid dienone is 2. The summed E-state index contributed by atoms with van der Waals surface area (Å²) in [6.07, 6.45) is 2.37. The van der Waals surface area contributed by atoms with Crippen molar-refractivity contribution in [3.63, 3.8) is 0 Å². The van der Waals surface area contributed by atoms with Crippen LogP contribution in [0.5, 0.6) is 0 Å². The normalized spacial score (nSPS) is 11.2. The van der Waals surface area contributed by atoms with Gasteiger partial charge in [-0.1, -0.05) is 64.5 Å². The van der Waals surface area contributed by atoms with E-state index in [1.54, 1.807) is 30.3 Å². The highest BCUT2D eigenvalue weighted by Crippen LogP contribution is 2.20. The van der Waals surface area contributed by atoms with Gasteiger partial charge in [0.25, 0.3) is 0 Å². The summed E-state index contributed by atoms with van der Waals surface area (Å²) < 4.78 is 0.802. The highest BCUT2D eigenvalue weighted by Gasteiger charge is 2.04. The average Bonchev–Trinajstić information content (AvgIpc) is 2.47. The molecule has 2 aromatic carbocycles. The number of rotatable bonds is 4. The van der Waals surface area contributed by atoms with Gasteiger partial charge in [0.2, 0.25) is 0 Å². The van der Waals surface area contributed by atoms with Crippen molar-refractivity contribution in [1.29, 1.82) is 0 Å². The maximum absolute atomic E-state index is 11.8. The van der Waals surface area contributed by atoms with Crippen LogP contribution in [0.4, 0.5) is 0 Å². The Morgan fingerprint density at radius 2 is 1.45 bits per heavy atom. The fourth-order valence-electron chi connectivity index (χ4n) is 1.85. The van der Waals surface area contributed by atoms with E-state index in [0.717, 1.165) is 21.9 Å². The highest BCUT2D eigenvalue weighted by molar-refractivity contribution is 9.11. The number of carbonyl (C=O) groups is 2. The topological polar surface area (TPSA) is 34.1 Å². The van der Waals surface area contributed by atoms with Crippen LogP contribution in [0, 0.1) is 0 Å². The number of aldehydes is 1. The van der Waals surface area contributed by atoms with Gasteiger partial charge < -0.3 is 0 Å². The molecule has 0 atom stereocenters. The lowest BCUT2D eigenvalue weighted by molar-refractivity contribution is 0.104. The summed E-state index contributed by atoms with van der Waals surface area (Å²) >= 11 is 3.25. The van der Waals surface area contributed by atoms with Crippen molar-refractivity contribution in [2.75, 3.05) is 0 Å². The van der Waals surface area contributed by atoms with E-state index in [1.165, 1.54) is 0 Å². The van der Waals surface area contributed by atoms with Crippen LogP contribution in [0.15, 0.2) is 59.1 Å². The number of benzene rings is 2. The molecule has 20 heavy (non-hydrogen) atoms. The molecule has 0 spiro atoms. The molecule has 0 aliphatic rings. The van der Waals surface area contributed by atoms with Crippen LogP contribution >= 0.6 is 15.9 Å². The standard InChI is InChI=1S/C17H13BrO2/c1-12(18)10-17(20)16-8-6-15(7-9-16)14-4-2-13(11-19)3-5-14/h2-11H,1H3/b12-10-. The first kappa shape index (κ1) is 14.4. The van der Waals surface area contributed by atoms with E-state index >= 15 is 0 Å². The summed E-state index contributed by atoms with van der Waals surface area (Å²) in [5.41, 5.74) is 3.33. The zero-order valence-corrected chi connectivity index (χ0v) is 12.6. The molecule has 2 aromatic rings. The molecular weight excluding hydrogens is 316 g/mol. The molecule has 0 unspecified atom stereocenters. The van der Waals surface area contributed by atoms with Crippen LogP contribution < -0.4 is 0 Å². The number of halogens is 1. The Morgan fingerprint density at radius 1 is 0.950 bits per heavy atom. The smallest absolute Gasteiger partial charge is 0.186 e. The van der Waals surface area contributed by atoms with Crippen molar-refractivity contribution >= 4 is 28.0 Å². The van der Waals surface area contributed by atoms with Crippen molar-refractivity contribution in [1.82, 2.24) is 0 Å². The summed E-state index contributed by atoms with van der Waals surface area (Å²) in [6.45, 7) is 1.82. The summed E-state index contributed by atoms with van der Waals surface area (Å²) in [4.78, 5) is 22.5. The molecule has 2 rings (SSSR count). The molecule has 0 fully saturated rings. The van der Waals surface area contributed by atoms with Gasteiger partial charge >= 0.3 is 0 Å². The number of hydrogen-bond acceptors (Lipinski definition) is 2. The summed E-state index contributed by atoms with van der Waals surface area (Å²) in [7, 11) is 0. The predicted octanol–water partition coefficient (Wildman–Crippen LogP) is 4.65. The molecular formula is C17H13BrO2. The van der Waals surface area contributed by atoms with Crippen molar-refractivity contribution in [3.8, 4) is 11.1 Å². The lowest BCUT2D eigenvalue weighted by Crippen LogP contribution is -1.94. The molecule has 0 radical (unpaired) electrons. The monoisotopic (exact) mass is 328 g/mol. The van der Waals surface area contributed by atoms with Gasteiger partial charge in [-0.05, 0) is 28.6 Å². The van der Waals surface area contributed by atoms with E-state index in [0.29, 0.717) is 11.1 Å². The second kappa shape index (κ2) is 6.44. The van der Waals surface area contributed by atoms with Gasteiger partial charge in [0, 0.05) is 11.1 Å². The molecule has 0 heterocycles. The van der Waals surface area contributed by atoms with Gasteiger partial charge in [0.05, 0.1) is 0 Å². The van der Waals surface area contributed by atoms with Gasteiger partial charge in [-0.2, -0.15) is 0 Å². The molecule has 2 nitrogen and oxygen atoms in total. The number of carbonyl (C=O) groups excluding carboxylic acids is 2. The minimum absolute atomic E-state index is 0.0257. The zero-order valence-electron chi connectivity index (χ0n) is 11.0. The van der Waals surface area contributed by atoms with Crippen LogP contribution in [0.1, 0.15) is 27.6 Å². The van der Waals surface area contributed by atoms with Gasteiger partial charge in [-0.3, -0.25) is 9.59 Å². The van der Waals surface area contributed by atoms with Gasteiger partial charge in [-0.25, -0.2) is 0 Å². The second-order valence-electron chi connectivity index (χ2n) is 4.41. The fourth-order valence-corrected chi connectivity index (χ4v) is 2.05. The summed E-state index contributed by atoms with van der Waals surface area (Å²) in [5.74, 6) is -0.0257. The van der Waals surface area contributed by atoms with E-state index in [4.69, 9.17) is 0 Å². The van der Waals surface area contributed by atoms with E-state index in [1.807, 2.05) is 31.2 Å². The van der Waals surface area contributed by atoms with Crippen LogP contribution in [0.3, 0.4) is 0 Å². The van der Waals surface area contributed by atoms with Crippen LogP contribution in [0.2, 0.25) is 0 Å². The maximum atomic E-state index is 11.8. The Balaban J connectivity index is 2.25. The first-order valence-corrected chi connectivity index (χ1v) is 6.93. The Morgan fingerprint density at radius 3 is 1.90 bits per heavy atom. The summed E-state index contributed by atoms with van der Waals surface area (Å²) in [5, 5.41) is 0. The molecule has 0 saturated carbocycles. The first-order valence-electron chi connectivity index (χ1n) is 6.14. The van der Waals surface area contributed by atoms with Crippen molar-refractivity contribution in [2.45, 2.75) is 6.92 Å². The van der Waals surface area contributed by atoms with Crippen LogP contribution in [-0.4, -0.2) is 12.1 Å². The van der Waals surface area contributed by atoms with Crippen molar-refractivity contribution in [3.05, 3.63) is 70.2 Å². The molecule has 0 saturated heterocycles. The van der Waals surface area contributed by atoms with E-state index in [-0.39, 0.29) is 5.78 Å². The van der Waals surface area contributed by atoms with Crippen molar-refractivity contribution in [2.24, 2.45) is 0 Å². The third-order valence-corrected chi connectivity index (χ3v) is 3.11. The molecule has 0 amide bonds. The third-order valence-electron chi connectivity index (χ3n) is 2.88. The molecule has 0 N–H and O–H groups in total. The molecule has 0 aliphatic carbocycles. The maximum Gasteiger partial charge on any atom is 0.186 e. The summed E-state index contributed by atoms with van der Waals surface area (Å²) in [6, 6.07) is 14.7. The quantitative estimate of drug-likeness (QED) is 0.465. The minimum Gasteiger partial charge on any atom is -0.298 e. The number of ketones is 1. The minimum atomic E-state index is -0.0257. The molecule has 100 valence electrons. The Labute approximate surface area is 126 Å². The molecule has 0 aromatic heterocycles. The van der Waals surface area contributed by atoms with E-state index < -0.39 is 0 Å².